The van der Waals surface area contributed by atoms with Crippen LogP contribution >= 0.6 is 0 Å². The standard InChI is InChI=1S/C22H33N3O2/c1-5-7-11-27-14-17-12-16-13-23-18-9-8-10-19(20(16)18)25(6-2)21(15(3)4)22(26)24-17/h8-10,13,15,17,21,23H,5-7,11-12,14H2,1-4H3,(H,24,26). The molecule has 0 saturated heterocycles. The minimum absolute atomic E-state index is 0.0144. The Balaban J connectivity index is 2.01. The molecule has 0 bridgehead atoms. The van der Waals surface area contributed by atoms with Crippen LogP contribution in [-0.2, 0) is 16.0 Å². The highest BCUT2D eigenvalue weighted by Crippen LogP contribution is 2.34. The third-order valence-corrected chi connectivity index (χ3v) is 5.43. The maximum absolute atomic E-state index is 13.2. The zero-order valence-electron chi connectivity index (χ0n) is 17.0. The molecule has 0 fully saturated rings. The van der Waals surface area contributed by atoms with E-state index < -0.39 is 0 Å². The van der Waals surface area contributed by atoms with E-state index >= 15 is 0 Å². The van der Waals surface area contributed by atoms with Crippen molar-refractivity contribution in [3.05, 3.63) is 30.0 Å². The minimum atomic E-state index is -0.195. The summed E-state index contributed by atoms with van der Waals surface area (Å²) in [6.45, 7) is 10.6. The molecule has 0 spiro atoms. The second-order valence-corrected chi connectivity index (χ2v) is 7.83. The Hall–Kier alpha value is -2.01. The number of benzene rings is 1. The van der Waals surface area contributed by atoms with Crippen molar-refractivity contribution >= 4 is 22.5 Å². The van der Waals surface area contributed by atoms with Crippen LogP contribution in [0.1, 0.15) is 46.1 Å². The van der Waals surface area contributed by atoms with Gasteiger partial charge >= 0.3 is 0 Å². The van der Waals surface area contributed by atoms with Gasteiger partial charge in [0, 0.05) is 35.9 Å². The Morgan fingerprint density at radius 2 is 2.11 bits per heavy atom. The summed E-state index contributed by atoms with van der Waals surface area (Å²) in [7, 11) is 0. The molecular formula is C22H33N3O2. The van der Waals surface area contributed by atoms with Crippen molar-refractivity contribution in [2.75, 3.05) is 24.7 Å². The molecule has 2 N–H and O–H groups in total. The van der Waals surface area contributed by atoms with Crippen LogP contribution in [-0.4, -0.2) is 42.7 Å². The van der Waals surface area contributed by atoms with E-state index in [-0.39, 0.29) is 23.9 Å². The SMILES string of the molecule is CCCCOCC1Cc2c[nH]c3cccc(c23)N(CC)C(C(C)C)C(=O)N1. The molecule has 1 aromatic heterocycles. The molecule has 2 unspecified atom stereocenters. The van der Waals surface area contributed by atoms with Gasteiger partial charge in [0.1, 0.15) is 6.04 Å². The number of nitrogens with zero attached hydrogens (tertiary/aromatic N) is 1. The van der Waals surface area contributed by atoms with Crippen LogP contribution < -0.4 is 10.2 Å². The zero-order valence-corrected chi connectivity index (χ0v) is 17.0. The number of carbonyl (C=O) groups excluding carboxylic acids is 1. The van der Waals surface area contributed by atoms with Crippen LogP contribution in [0.25, 0.3) is 10.9 Å². The van der Waals surface area contributed by atoms with Gasteiger partial charge in [-0.3, -0.25) is 4.79 Å². The molecular weight excluding hydrogens is 338 g/mol. The Morgan fingerprint density at radius 3 is 2.81 bits per heavy atom. The van der Waals surface area contributed by atoms with Crippen molar-refractivity contribution in [3.8, 4) is 0 Å². The zero-order chi connectivity index (χ0) is 19.4. The number of likely N-dealkylation sites (N-methyl/N-ethyl adjacent to an activating group) is 1. The summed E-state index contributed by atoms with van der Waals surface area (Å²) in [5.41, 5.74) is 3.52. The lowest BCUT2D eigenvalue weighted by Gasteiger charge is -2.35. The van der Waals surface area contributed by atoms with Crippen molar-refractivity contribution in [2.45, 2.75) is 59.0 Å². The van der Waals surface area contributed by atoms with Crippen molar-refractivity contribution in [2.24, 2.45) is 5.92 Å². The highest BCUT2D eigenvalue weighted by molar-refractivity contribution is 5.98. The van der Waals surface area contributed by atoms with Crippen LogP contribution in [0.5, 0.6) is 0 Å². The second kappa shape index (κ2) is 8.79. The molecule has 3 rings (SSSR count). The van der Waals surface area contributed by atoms with Crippen molar-refractivity contribution in [1.29, 1.82) is 0 Å². The lowest BCUT2D eigenvalue weighted by molar-refractivity contribution is -0.124. The lowest BCUT2D eigenvalue weighted by Crippen LogP contribution is -2.53. The van der Waals surface area contributed by atoms with Gasteiger partial charge in [-0.2, -0.15) is 0 Å². The van der Waals surface area contributed by atoms with E-state index in [2.05, 4.69) is 67.3 Å². The van der Waals surface area contributed by atoms with E-state index in [9.17, 15) is 4.79 Å². The lowest BCUT2D eigenvalue weighted by atomic mass is 9.99. The number of hydrogen-bond donors (Lipinski definition) is 2. The number of carbonyl (C=O) groups is 1. The molecule has 1 aliphatic heterocycles. The van der Waals surface area contributed by atoms with Gasteiger partial charge in [0.25, 0.3) is 0 Å². The first-order valence-electron chi connectivity index (χ1n) is 10.3. The topological polar surface area (TPSA) is 57.4 Å². The maximum Gasteiger partial charge on any atom is 0.243 e. The smallest absolute Gasteiger partial charge is 0.243 e. The highest BCUT2D eigenvalue weighted by Gasteiger charge is 2.33. The molecule has 0 aliphatic carbocycles. The van der Waals surface area contributed by atoms with Gasteiger partial charge in [-0.25, -0.2) is 0 Å². The largest absolute Gasteiger partial charge is 0.379 e. The number of rotatable bonds is 7. The number of aromatic amines is 1. The van der Waals surface area contributed by atoms with Crippen LogP contribution in [0.2, 0.25) is 0 Å². The molecule has 2 heterocycles. The third-order valence-electron chi connectivity index (χ3n) is 5.43. The van der Waals surface area contributed by atoms with E-state index in [4.69, 9.17) is 4.74 Å². The summed E-state index contributed by atoms with van der Waals surface area (Å²) in [4.78, 5) is 18.9. The maximum atomic E-state index is 13.2. The Bertz CT molecular complexity index is 768. The van der Waals surface area contributed by atoms with Crippen molar-refractivity contribution < 1.29 is 9.53 Å². The van der Waals surface area contributed by atoms with Gasteiger partial charge < -0.3 is 19.9 Å². The monoisotopic (exact) mass is 371 g/mol. The molecule has 5 heteroatoms. The summed E-state index contributed by atoms with van der Waals surface area (Å²) in [5.74, 6) is 0.310. The summed E-state index contributed by atoms with van der Waals surface area (Å²) < 4.78 is 5.87. The molecule has 148 valence electrons. The van der Waals surface area contributed by atoms with Crippen LogP contribution in [0, 0.1) is 5.92 Å². The van der Waals surface area contributed by atoms with E-state index in [1.54, 1.807) is 0 Å². The van der Waals surface area contributed by atoms with Gasteiger partial charge in [-0.05, 0) is 43.4 Å². The van der Waals surface area contributed by atoms with E-state index in [0.717, 1.165) is 43.6 Å². The molecule has 1 amide bonds. The van der Waals surface area contributed by atoms with Gasteiger partial charge in [0.05, 0.1) is 12.6 Å². The number of H-pyrrole nitrogens is 1. The Labute approximate surface area is 162 Å². The molecule has 0 saturated carbocycles. The van der Waals surface area contributed by atoms with Gasteiger partial charge in [0.15, 0.2) is 0 Å². The molecule has 2 atom stereocenters. The number of anilines is 1. The Morgan fingerprint density at radius 1 is 1.30 bits per heavy atom. The number of nitrogens with one attached hydrogen (secondary N) is 2. The van der Waals surface area contributed by atoms with Crippen LogP contribution in [0.3, 0.4) is 0 Å². The molecule has 0 radical (unpaired) electrons. The average molecular weight is 372 g/mol. The first kappa shape index (κ1) is 19.7. The van der Waals surface area contributed by atoms with Crippen LogP contribution in [0.4, 0.5) is 5.69 Å². The first-order valence-corrected chi connectivity index (χ1v) is 10.3. The Kier molecular flexibility index (Phi) is 6.42. The summed E-state index contributed by atoms with van der Waals surface area (Å²) in [5, 5.41) is 4.52. The quantitative estimate of drug-likeness (QED) is 0.726. The number of ether oxygens (including phenoxy) is 1. The molecule has 2 aromatic rings. The van der Waals surface area contributed by atoms with Gasteiger partial charge in [-0.15, -0.1) is 0 Å². The summed E-state index contributed by atoms with van der Waals surface area (Å²) in [6.07, 6.45) is 5.03. The summed E-state index contributed by atoms with van der Waals surface area (Å²) >= 11 is 0. The third kappa shape index (κ3) is 4.13. The minimum Gasteiger partial charge on any atom is -0.379 e. The fourth-order valence-corrected chi connectivity index (χ4v) is 4.13. The molecule has 5 nitrogen and oxygen atoms in total. The molecule has 1 aromatic carbocycles. The fraction of sp³-hybridized carbons (Fsp3) is 0.591. The average Bonchev–Trinajstić information content (AvgIpc) is 3.06. The number of hydrogen-bond acceptors (Lipinski definition) is 3. The predicted octanol–water partition coefficient (Wildman–Crippen LogP) is 3.88. The first-order chi connectivity index (χ1) is 13.1. The van der Waals surface area contributed by atoms with E-state index in [1.165, 1.54) is 10.9 Å². The fourth-order valence-electron chi connectivity index (χ4n) is 4.13. The van der Waals surface area contributed by atoms with Crippen molar-refractivity contribution in [3.63, 3.8) is 0 Å². The normalized spacial score (nSPS) is 20.5. The highest BCUT2D eigenvalue weighted by atomic mass is 16.5. The summed E-state index contributed by atoms with van der Waals surface area (Å²) in [6, 6.07) is 6.11. The second-order valence-electron chi connectivity index (χ2n) is 7.83. The van der Waals surface area contributed by atoms with E-state index in [0.29, 0.717) is 6.61 Å². The number of amides is 1. The predicted molar refractivity (Wildman–Crippen MR) is 111 cm³/mol. The van der Waals surface area contributed by atoms with Crippen LogP contribution in [0.15, 0.2) is 24.4 Å². The van der Waals surface area contributed by atoms with Crippen molar-refractivity contribution in [1.82, 2.24) is 10.3 Å². The number of unbranched alkanes of at least 4 members (excludes halogenated alkanes) is 1. The van der Waals surface area contributed by atoms with E-state index in [1.807, 2.05) is 0 Å². The van der Waals surface area contributed by atoms with Gasteiger partial charge in [0.2, 0.25) is 5.91 Å². The molecule has 1 aliphatic rings. The van der Waals surface area contributed by atoms with Gasteiger partial charge in [-0.1, -0.05) is 33.3 Å². The number of aromatic nitrogens is 1. The molecule has 27 heavy (non-hydrogen) atoms.